The molecule has 0 aromatic rings. The second-order valence-corrected chi connectivity index (χ2v) is 6.92. The number of carbonyl (C=O) groups is 1. The topological polar surface area (TPSA) is 86.7 Å². The summed E-state index contributed by atoms with van der Waals surface area (Å²) >= 11 is 0. The molecule has 112 valence electrons. The van der Waals surface area contributed by atoms with Crippen molar-refractivity contribution in [2.75, 3.05) is 18.9 Å². The van der Waals surface area contributed by atoms with E-state index >= 15 is 0 Å². The number of sulfonamides is 1. The van der Waals surface area contributed by atoms with E-state index < -0.39 is 16.1 Å². The van der Waals surface area contributed by atoms with Gasteiger partial charge in [-0.3, -0.25) is 4.79 Å². The number of aliphatic hydroxyl groups excluding tert-OH is 1. The molecular weight excluding hydrogens is 268 g/mol. The Bertz CT molecular complexity index is 393. The first-order valence-electron chi connectivity index (χ1n) is 6.87. The molecular formula is C12H24N2O4S. The third-order valence-corrected chi connectivity index (χ3v) is 5.46. The van der Waals surface area contributed by atoms with Crippen LogP contribution in [0.4, 0.5) is 0 Å². The molecule has 1 aliphatic rings. The number of rotatable bonds is 7. The van der Waals surface area contributed by atoms with Gasteiger partial charge in [-0.05, 0) is 25.7 Å². The SMILES string of the molecule is CCCS(=O)(=O)N1CCCC1C(=O)N[C@H](CC)CO. The van der Waals surface area contributed by atoms with Gasteiger partial charge in [0.15, 0.2) is 0 Å². The number of aliphatic hydroxyl groups is 1. The van der Waals surface area contributed by atoms with Crippen molar-refractivity contribution in [1.29, 1.82) is 0 Å². The molecule has 1 fully saturated rings. The summed E-state index contributed by atoms with van der Waals surface area (Å²) in [6.45, 7) is 3.95. The fourth-order valence-electron chi connectivity index (χ4n) is 2.28. The molecule has 0 bridgehead atoms. The lowest BCUT2D eigenvalue weighted by Crippen LogP contribution is -2.49. The Hall–Kier alpha value is -0.660. The Morgan fingerprint density at radius 2 is 2.16 bits per heavy atom. The molecule has 1 saturated heterocycles. The molecule has 0 aliphatic carbocycles. The van der Waals surface area contributed by atoms with Crippen molar-refractivity contribution in [3.05, 3.63) is 0 Å². The van der Waals surface area contributed by atoms with E-state index in [1.807, 2.05) is 13.8 Å². The van der Waals surface area contributed by atoms with E-state index in [0.29, 0.717) is 32.2 Å². The Morgan fingerprint density at radius 3 is 2.68 bits per heavy atom. The Balaban J connectivity index is 2.73. The van der Waals surface area contributed by atoms with Crippen LogP contribution in [0.25, 0.3) is 0 Å². The molecule has 2 N–H and O–H groups in total. The van der Waals surface area contributed by atoms with Gasteiger partial charge in [-0.15, -0.1) is 0 Å². The first-order valence-corrected chi connectivity index (χ1v) is 8.47. The van der Waals surface area contributed by atoms with Crippen LogP contribution < -0.4 is 5.32 Å². The van der Waals surface area contributed by atoms with E-state index in [0.717, 1.165) is 0 Å². The lowest BCUT2D eigenvalue weighted by Gasteiger charge is -2.25. The quantitative estimate of drug-likeness (QED) is 0.695. The summed E-state index contributed by atoms with van der Waals surface area (Å²) in [4.78, 5) is 12.1. The number of carbonyl (C=O) groups excluding carboxylic acids is 1. The summed E-state index contributed by atoms with van der Waals surface area (Å²) in [5.74, 6) is -0.216. The summed E-state index contributed by atoms with van der Waals surface area (Å²) < 4.78 is 25.5. The van der Waals surface area contributed by atoms with Gasteiger partial charge in [-0.2, -0.15) is 4.31 Å². The minimum absolute atomic E-state index is 0.0774. The largest absolute Gasteiger partial charge is 0.394 e. The number of hydrogen-bond donors (Lipinski definition) is 2. The van der Waals surface area contributed by atoms with Crippen molar-refractivity contribution in [2.24, 2.45) is 0 Å². The van der Waals surface area contributed by atoms with E-state index in [1.165, 1.54) is 4.31 Å². The average molecular weight is 292 g/mol. The van der Waals surface area contributed by atoms with E-state index in [-0.39, 0.29) is 24.3 Å². The Morgan fingerprint density at radius 1 is 1.47 bits per heavy atom. The van der Waals surface area contributed by atoms with Gasteiger partial charge in [0.05, 0.1) is 18.4 Å². The second-order valence-electron chi connectivity index (χ2n) is 4.88. The zero-order valence-electron chi connectivity index (χ0n) is 11.6. The van der Waals surface area contributed by atoms with Crippen LogP contribution in [0.5, 0.6) is 0 Å². The highest BCUT2D eigenvalue weighted by Gasteiger charge is 2.38. The predicted molar refractivity (Wildman–Crippen MR) is 73.1 cm³/mol. The number of nitrogens with zero attached hydrogens (tertiary/aromatic N) is 1. The lowest BCUT2D eigenvalue weighted by atomic mass is 10.2. The van der Waals surface area contributed by atoms with Gasteiger partial charge >= 0.3 is 0 Å². The first-order chi connectivity index (χ1) is 8.96. The zero-order chi connectivity index (χ0) is 14.5. The van der Waals surface area contributed by atoms with Crippen molar-refractivity contribution < 1.29 is 18.3 Å². The summed E-state index contributed by atoms with van der Waals surface area (Å²) in [6.07, 6.45) is 2.42. The number of nitrogens with one attached hydrogen (secondary N) is 1. The third-order valence-electron chi connectivity index (χ3n) is 3.39. The molecule has 0 saturated carbocycles. The summed E-state index contributed by atoms with van der Waals surface area (Å²) in [5.41, 5.74) is 0. The van der Waals surface area contributed by atoms with Crippen molar-refractivity contribution in [3.63, 3.8) is 0 Å². The van der Waals surface area contributed by atoms with E-state index in [2.05, 4.69) is 5.32 Å². The molecule has 19 heavy (non-hydrogen) atoms. The summed E-state index contributed by atoms with van der Waals surface area (Å²) in [7, 11) is -3.34. The Kier molecular flexibility index (Phi) is 6.22. The van der Waals surface area contributed by atoms with Crippen LogP contribution in [0.3, 0.4) is 0 Å². The molecule has 7 heteroatoms. The van der Waals surface area contributed by atoms with E-state index in [9.17, 15) is 13.2 Å². The number of hydrogen-bond acceptors (Lipinski definition) is 4. The highest BCUT2D eigenvalue weighted by atomic mass is 32.2. The molecule has 0 spiro atoms. The molecule has 1 rings (SSSR count). The predicted octanol–water partition coefficient (Wildman–Crippen LogP) is 0.0777. The molecule has 1 amide bonds. The maximum absolute atomic E-state index is 12.1. The smallest absolute Gasteiger partial charge is 0.238 e. The second kappa shape index (κ2) is 7.21. The van der Waals surface area contributed by atoms with Gasteiger partial charge in [0.25, 0.3) is 0 Å². The van der Waals surface area contributed by atoms with Crippen molar-refractivity contribution in [1.82, 2.24) is 9.62 Å². The summed E-state index contributed by atoms with van der Waals surface area (Å²) in [5, 5.41) is 11.8. The van der Waals surface area contributed by atoms with Crippen LogP contribution in [0, 0.1) is 0 Å². The molecule has 2 atom stereocenters. The first kappa shape index (κ1) is 16.4. The van der Waals surface area contributed by atoms with Crippen LogP contribution in [0.2, 0.25) is 0 Å². The van der Waals surface area contributed by atoms with Gasteiger partial charge < -0.3 is 10.4 Å². The zero-order valence-corrected chi connectivity index (χ0v) is 12.4. The molecule has 6 nitrogen and oxygen atoms in total. The normalized spacial score (nSPS) is 22.4. The lowest BCUT2D eigenvalue weighted by molar-refractivity contribution is -0.125. The van der Waals surface area contributed by atoms with Gasteiger partial charge in [-0.25, -0.2) is 8.42 Å². The van der Waals surface area contributed by atoms with Crippen molar-refractivity contribution in [2.45, 2.75) is 51.6 Å². The number of amides is 1. The van der Waals surface area contributed by atoms with Gasteiger partial charge in [0.2, 0.25) is 15.9 Å². The molecule has 0 aromatic carbocycles. The Labute approximate surface area is 115 Å². The maximum atomic E-state index is 12.1. The van der Waals surface area contributed by atoms with Gasteiger partial charge in [0.1, 0.15) is 6.04 Å². The monoisotopic (exact) mass is 292 g/mol. The molecule has 0 radical (unpaired) electrons. The average Bonchev–Trinajstić information content (AvgIpc) is 2.85. The van der Waals surface area contributed by atoms with Crippen molar-refractivity contribution >= 4 is 15.9 Å². The van der Waals surface area contributed by atoms with Crippen molar-refractivity contribution in [3.8, 4) is 0 Å². The molecule has 0 aromatic heterocycles. The maximum Gasteiger partial charge on any atom is 0.238 e. The van der Waals surface area contributed by atoms with Gasteiger partial charge in [-0.1, -0.05) is 13.8 Å². The van der Waals surface area contributed by atoms with E-state index in [1.54, 1.807) is 0 Å². The molecule has 1 unspecified atom stereocenters. The van der Waals surface area contributed by atoms with Crippen LogP contribution in [0.15, 0.2) is 0 Å². The highest BCUT2D eigenvalue weighted by molar-refractivity contribution is 7.89. The fourth-order valence-corrected chi connectivity index (χ4v) is 4.03. The van der Waals surface area contributed by atoms with Crippen LogP contribution in [-0.4, -0.2) is 54.7 Å². The van der Waals surface area contributed by atoms with Crippen LogP contribution >= 0.6 is 0 Å². The van der Waals surface area contributed by atoms with E-state index in [4.69, 9.17) is 5.11 Å². The summed E-state index contributed by atoms with van der Waals surface area (Å²) in [6, 6.07) is -0.916. The minimum Gasteiger partial charge on any atom is -0.394 e. The third kappa shape index (κ3) is 4.15. The van der Waals surface area contributed by atoms with Crippen LogP contribution in [-0.2, 0) is 14.8 Å². The van der Waals surface area contributed by atoms with Gasteiger partial charge in [0, 0.05) is 6.54 Å². The molecule has 1 aliphatic heterocycles. The highest BCUT2D eigenvalue weighted by Crippen LogP contribution is 2.22. The minimum atomic E-state index is -3.34. The standard InChI is InChI=1S/C12H24N2O4S/c1-3-8-19(17,18)14-7-5-6-11(14)12(16)13-10(4-2)9-15/h10-11,15H,3-9H2,1-2H3,(H,13,16)/t10-,11?/m1/s1. The van der Waals surface area contributed by atoms with Crippen LogP contribution in [0.1, 0.15) is 39.5 Å². The molecule has 1 heterocycles. The fraction of sp³-hybridized carbons (Fsp3) is 0.917.